The Morgan fingerprint density at radius 3 is 2.05 bits per heavy atom. The van der Waals surface area contributed by atoms with Crippen molar-refractivity contribution < 1.29 is 0 Å². The van der Waals surface area contributed by atoms with Gasteiger partial charge < -0.3 is 5.73 Å². The van der Waals surface area contributed by atoms with Crippen molar-refractivity contribution >= 4 is 0 Å². The molecule has 0 aliphatic heterocycles. The van der Waals surface area contributed by atoms with E-state index in [1.165, 1.54) is 22.3 Å². The fraction of sp³-hybridized carbons (Fsp3) is 0.400. The molecule has 0 fully saturated rings. The van der Waals surface area contributed by atoms with Crippen LogP contribution in [0, 0.1) is 5.92 Å². The average molecular weight is 279 g/mol. The molecular formula is C20H25N. The van der Waals surface area contributed by atoms with Crippen LogP contribution in [0.1, 0.15) is 42.0 Å². The van der Waals surface area contributed by atoms with Gasteiger partial charge in [0.2, 0.25) is 0 Å². The largest absolute Gasteiger partial charge is 0.327 e. The highest BCUT2D eigenvalue weighted by molar-refractivity contribution is 5.33. The topological polar surface area (TPSA) is 26.0 Å². The van der Waals surface area contributed by atoms with Crippen LogP contribution in [0.4, 0.5) is 0 Å². The smallest absolute Gasteiger partial charge is 0.0114 e. The first-order chi connectivity index (χ1) is 10.1. The van der Waals surface area contributed by atoms with Gasteiger partial charge in [0.25, 0.3) is 0 Å². The van der Waals surface area contributed by atoms with Gasteiger partial charge in [-0.15, -0.1) is 0 Å². The molecule has 0 radical (unpaired) electrons. The number of benzene rings is 2. The van der Waals surface area contributed by atoms with Gasteiger partial charge in [0.1, 0.15) is 0 Å². The van der Waals surface area contributed by atoms with Crippen LogP contribution in [0.15, 0.2) is 48.5 Å². The van der Waals surface area contributed by atoms with E-state index in [2.05, 4.69) is 62.4 Å². The molecule has 1 nitrogen and oxygen atoms in total. The standard InChI is InChI=1S/C20H25N/c1-14(2)16-9-7-15(8-10-16)11-20(21)19-12-17-5-3-4-6-18(17)13-19/h3-10,14,19-20H,11-13,21H2,1-2H3. The second kappa shape index (κ2) is 6.03. The summed E-state index contributed by atoms with van der Waals surface area (Å²) in [5.41, 5.74) is 12.2. The number of nitrogens with two attached hydrogens (primary N) is 1. The van der Waals surface area contributed by atoms with E-state index < -0.39 is 0 Å². The van der Waals surface area contributed by atoms with Crippen molar-refractivity contribution in [1.29, 1.82) is 0 Å². The van der Waals surface area contributed by atoms with Crippen LogP contribution in [-0.4, -0.2) is 6.04 Å². The van der Waals surface area contributed by atoms with Gasteiger partial charge in [-0.3, -0.25) is 0 Å². The lowest BCUT2D eigenvalue weighted by molar-refractivity contribution is 0.437. The lowest BCUT2D eigenvalue weighted by atomic mass is 9.91. The molecule has 1 unspecified atom stereocenters. The average Bonchev–Trinajstić information content (AvgIpc) is 2.92. The molecule has 2 aromatic carbocycles. The van der Waals surface area contributed by atoms with Gasteiger partial charge in [0.05, 0.1) is 0 Å². The van der Waals surface area contributed by atoms with Gasteiger partial charge in [-0.2, -0.15) is 0 Å². The van der Waals surface area contributed by atoms with Gasteiger partial charge in [0.15, 0.2) is 0 Å². The van der Waals surface area contributed by atoms with Crippen molar-refractivity contribution in [3.8, 4) is 0 Å². The Labute approximate surface area is 128 Å². The molecule has 110 valence electrons. The Kier molecular flexibility index (Phi) is 4.12. The first kappa shape index (κ1) is 14.3. The summed E-state index contributed by atoms with van der Waals surface area (Å²) in [6.45, 7) is 4.47. The molecule has 1 aliphatic carbocycles. The molecule has 0 heterocycles. The maximum Gasteiger partial charge on any atom is 0.0114 e. The molecule has 0 amide bonds. The van der Waals surface area contributed by atoms with Gasteiger partial charge in [0, 0.05) is 6.04 Å². The summed E-state index contributed by atoms with van der Waals surface area (Å²) in [4.78, 5) is 0. The van der Waals surface area contributed by atoms with E-state index in [-0.39, 0.29) is 6.04 Å². The predicted molar refractivity (Wildman–Crippen MR) is 89.6 cm³/mol. The van der Waals surface area contributed by atoms with E-state index in [1.807, 2.05) is 0 Å². The van der Waals surface area contributed by atoms with Crippen LogP contribution in [0.5, 0.6) is 0 Å². The van der Waals surface area contributed by atoms with Gasteiger partial charge in [-0.25, -0.2) is 0 Å². The lowest BCUT2D eigenvalue weighted by Gasteiger charge is -2.19. The molecule has 0 bridgehead atoms. The zero-order chi connectivity index (χ0) is 14.8. The van der Waals surface area contributed by atoms with Crippen LogP contribution >= 0.6 is 0 Å². The molecule has 0 saturated carbocycles. The maximum atomic E-state index is 6.49. The third kappa shape index (κ3) is 3.19. The predicted octanol–water partition coefficient (Wildman–Crippen LogP) is 4.09. The normalized spacial score (nSPS) is 16.2. The first-order valence-corrected chi connectivity index (χ1v) is 8.04. The zero-order valence-electron chi connectivity index (χ0n) is 13.0. The van der Waals surface area contributed by atoms with Crippen LogP contribution in [0.25, 0.3) is 0 Å². The number of hydrogen-bond acceptors (Lipinski definition) is 1. The molecule has 0 saturated heterocycles. The zero-order valence-corrected chi connectivity index (χ0v) is 13.0. The van der Waals surface area contributed by atoms with Gasteiger partial charge in [-0.1, -0.05) is 62.4 Å². The molecular weight excluding hydrogens is 254 g/mol. The minimum absolute atomic E-state index is 0.252. The molecule has 2 N–H and O–H groups in total. The third-order valence-electron chi connectivity index (χ3n) is 4.81. The van der Waals surface area contributed by atoms with Gasteiger partial charge in [-0.05, 0) is 53.4 Å². The summed E-state index contributed by atoms with van der Waals surface area (Å²) < 4.78 is 0. The molecule has 1 atom stereocenters. The van der Waals surface area contributed by atoms with Crippen molar-refractivity contribution in [2.24, 2.45) is 11.7 Å². The van der Waals surface area contributed by atoms with Crippen molar-refractivity contribution in [1.82, 2.24) is 0 Å². The SMILES string of the molecule is CC(C)c1ccc(CC(N)C2Cc3ccccc3C2)cc1. The third-order valence-corrected chi connectivity index (χ3v) is 4.81. The monoisotopic (exact) mass is 279 g/mol. The summed E-state index contributed by atoms with van der Waals surface area (Å²) in [5.74, 6) is 1.18. The quantitative estimate of drug-likeness (QED) is 0.896. The second-order valence-electron chi connectivity index (χ2n) is 6.70. The van der Waals surface area contributed by atoms with Crippen molar-refractivity contribution in [2.45, 2.75) is 45.1 Å². The van der Waals surface area contributed by atoms with E-state index in [1.54, 1.807) is 0 Å². The highest BCUT2D eigenvalue weighted by atomic mass is 14.7. The van der Waals surface area contributed by atoms with Crippen LogP contribution in [0.3, 0.4) is 0 Å². The first-order valence-electron chi connectivity index (χ1n) is 8.04. The summed E-state index contributed by atoms with van der Waals surface area (Å²) in [6.07, 6.45) is 3.26. The Bertz CT molecular complexity index is 572. The molecule has 2 aromatic rings. The minimum Gasteiger partial charge on any atom is -0.327 e. The summed E-state index contributed by atoms with van der Waals surface area (Å²) in [6, 6.07) is 18.0. The molecule has 1 aliphatic rings. The number of hydrogen-bond donors (Lipinski definition) is 1. The van der Waals surface area contributed by atoms with E-state index in [0.29, 0.717) is 11.8 Å². The van der Waals surface area contributed by atoms with Crippen molar-refractivity contribution in [3.63, 3.8) is 0 Å². The van der Waals surface area contributed by atoms with E-state index in [0.717, 1.165) is 19.3 Å². The second-order valence-corrected chi connectivity index (χ2v) is 6.70. The van der Waals surface area contributed by atoms with E-state index in [9.17, 15) is 0 Å². The van der Waals surface area contributed by atoms with Gasteiger partial charge >= 0.3 is 0 Å². The summed E-state index contributed by atoms with van der Waals surface area (Å²) >= 11 is 0. The van der Waals surface area contributed by atoms with E-state index in [4.69, 9.17) is 5.73 Å². The van der Waals surface area contributed by atoms with Crippen LogP contribution in [0.2, 0.25) is 0 Å². The molecule has 0 spiro atoms. The highest BCUT2D eigenvalue weighted by Gasteiger charge is 2.26. The lowest BCUT2D eigenvalue weighted by Crippen LogP contribution is -2.32. The maximum absolute atomic E-state index is 6.49. The Balaban J connectivity index is 1.63. The van der Waals surface area contributed by atoms with Crippen molar-refractivity contribution in [3.05, 3.63) is 70.8 Å². The Morgan fingerprint density at radius 2 is 1.52 bits per heavy atom. The van der Waals surface area contributed by atoms with Crippen LogP contribution in [-0.2, 0) is 19.3 Å². The fourth-order valence-corrected chi connectivity index (χ4v) is 3.37. The molecule has 21 heavy (non-hydrogen) atoms. The Hall–Kier alpha value is -1.60. The van der Waals surface area contributed by atoms with Crippen LogP contribution < -0.4 is 5.73 Å². The van der Waals surface area contributed by atoms with Crippen molar-refractivity contribution in [2.75, 3.05) is 0 Å². The summed E-state index contributed by atoms with van der Waals surface area (Å²) in [5, 5.41) is 0. The Morgan fingerprint density at radius 1 is 0.952 bits per heavy atom. The summed E-state index contributed by atoms with van der Waals surface area (Å²) in [7, 11) is 0. The fourth-order valence-electron chi connectivity index (χ4n) is 3.37. The molecule has 3 rings (SSSR count). The molecule has 0 aromatic heterocycles. The number of rotatable bonds is 4. The highest BCUT2D eigenvalue weighted by Crippen LogP contribution is 2.29. The minimum atomic E-state index is 0.252. The molecule has 1 heteroatoms. The van der Waals surface area contributed by atoms with E-state index >= 15 is 0 Å². The number of fused-ring (bicyclic) bond motifs is 1.